The Labute approximate surface area is 124 Å². The maximum Gasteiger partial charge on any atom is 0.130 e. The average Bonchev–Trinajstić information content (AvgIpc) is 2.43. The first-order valence-electron chi connectivity index (χ1n) is 6.78. The van der Waals surface area contributed by atoms with Crippen LogP contribution in [0.2, 0.25) is 5.02 Å². The first-order chi connectivity index (χ1) is 9.69. The molecule has 1 heterocycles. The van der Waals surface area contributed by atoms with Crippen molar-refractivity contribution in [1.82, 2.24) is 10.3 Å². The molecule has 2 rings (SSSR count). The predicted molar refractivity (Wildman–Crippen MR) is 82.5 cm³/mol. The molecule has 0 radical (unpaired) electrons. The Morgan fingerprint density at radius 2 is 2.10 bits per heavy atom. The van der Waals surface area contributed by atoms with Crippen molar-refractivity contribution in [2.75, 3.05) is 6.54 Å². The van der Waals surface area contributed by atoms with E-state index in [1.165, 1.54) is 0 Å². The molecule has 106 valence electrons. The number of nitrogens with one attached hydrogen (secondary N) is 1. The second kappa shape index (κ2) is 7.27. The summed E-state index contributed by atoms with van der Waals surface area (Å²) in [7, 11) is 0. The monoisotopic (exact) mass is 290 g/mol. The Bertz CT molecular complexity index is 572. The summed E-state index contributed by atoms with van der Waals surface area (Å²) in [5.74, 6) is 1.60. The third-order valence-electron chi connectivity index (χ3n) is 2.89. The number of rotatable bonds is 6. The van der Waals surface area contributed by atoms with E-state index >= 15 is 0 Å². The van der Waals surface area contributed by atoms with Crippen LogP contribution in [0.3, 0.4) is 0 Å². The highest BCUT2D eigenvalue weighted by molar-refractivity contribution is 6.30. The van der Waals surface area contributed by atoms with Crippen molar-refractivity contribution in [2.24, 2.45) is 0 Å². The Morgan fingerprint density at radius 1 is 1.25 bits per heavy atom. The maximum absolute atomic E-state index is 5.94. The number of pyridine rings is 1. The Hall–Kier alpha value is -1.58. The van der Waals surface area contributed by atoms with Crippen molar-refractivity contribution in [3.05, 3.63) is 52.8 Å². The van der Waals surface area contributed by atoms with Gasteiger partial charge in [0.25, 0.3) is 0 Å². The van der Waals surface area contributed by atoms with E-state index in [1.54, 1.807) is 6.20 Å². The summed E-state index contributed by atoms with van der Waals surface area (Å²) in [5.41, 5.74) is 1.99. The van der Waals surface area contributed by atoms with Crippen LogP contribution in [0.1, 0.15) is 24.6 Å². The molecule has 0 spiro atoms. The van der Waals surface area contributed by atoms with Gasteiger partial charge >= 0.3 is 0 Å². The summed E-state index contributed by atoms with van der Waals surface area (Å²) in [6.07, 6.45) is 2.88. The van der Waals surface area contributed by atoms with E-state index in [1.807, 2.05) is 37.3 Å². The molecular formula is C16H19ClN2O. The molecular weight excluding hydrogens is 272 g/mol. The van der Waals surface area contributed by atoms with Gasteiger partial charge in [0.2, 0.25) is 0 Å². The van der Waals surface area contributed by atoms with Gasteiger partial charge in [-0.2, -0.15) is 0 Å². The number of hydrogen-bond donors (Lipinski definition) is 1. The number of hydrogen-bond acceptors (Lipinski definition) is 3. The van der Waals surface area contributed by atoms with Crippen LogP contribution in [0.25, 0.3) is 0 Å². The summed E-state index contributed by atoms with van der Waals surface area (Å²) in [5, 5.41) is 4.04. The molecule has 0 saturated carbocycles. The van der Waals surface area contributed by atoms with Gasteiger partial charge in [-0.1, -0.05) is 18.5 Å². The largest absolute Gasteiger partial charge is 0.457 e. The minimum absolute atomic E-state index is 0.717. The molecule has 1 aromatic carbocycles. The maximum atomic E-state index is 5.94. The van der Waals surface area contributed by atoms with E-state index in [0.717, 1.165) is 42.3 Å². The van der Waals surface area contributed by atoms with Crippen molar-refractivity contribution in [3.63, 3.8) is 0 Å². The smallest absolute Gasteiger partial charge is 0.130 e. The van der Waals surface area contributed by atoms with Gasteiger partial charge in [-0.05, 0) is 49.7 Å². The zero-order chi connectivity index (χ0) is 14.4. The molecule has 0 amide bonds. The van der Waals surface area contributed by atoms with Gasteiger partial charge in [0.15, 0.2) is 0 Å². The van der Waals surface area contributed by atoms with Crippen LogP contribution in [-0.2, 0) is 6.54 Å². The van der Waals surface area contributed by atoms with Crippen LogP contribution < -0.4 is 10.1 Å². The predicted octanol–water partition coefficient (Wildman–Crippen LogP) is 4.34. The fraction of sp³-hybridized carbons (Fsp3) is 0.312. The second-order valence-corrected chi connectivity index (χ2v) is 5.11. The third-order valence-corrected chi connectivity index (χ3v) is 3.12. The zero-order valence-electron chi connectivity index (χ0n) is 11.8. The Balaban J connectivity index is 2.07. The average molecular weight is 291 g/mol. The molecule has 0 bridgehead atoms. The van der Waals surface area contributed by atoms with Crippen LogP contribution in [0.15, 0.2) is 36.5 Å². The zero-order valence-corrected chi connectivity index (χ0v) is 12.6. The normalized spacial score (nSPS) is 10.6. The SMILES string of the molecule is CCCNCc1cc(Oc2ccc(Cl)cc2C)ccn1. The number of ether oxygens (including phenoxy) is 1. The van der Waals surface area contributed by atoms with Crippen molar-refractivity contribution in [3.8, 4) is 11.5 Å². The molecule has 3 nitrogen and oxygen atoms in total. The van der Waals surface area contributed by atoms with Crippen LogP contribution in [0, 0.1) is 6.92 Å². The lowest BCUT2D eigenvalue weighted by Gasteiger charge is -2.10. The minimum Gasteiger partial charge on any atom is -0.457 e. The van der Waals surface area contributed by atoms with Gasteiger partial charge in [-0.25, -0.2) is 0 Å². The molecule has 2 aromatic rings. The van der Waals surface area contributed by atoms with Crippen LogP contribution >= 0.6 is 11.6 Å². The first-order valence-corrected chi connectivity index (χ1v) is 7.16. The first kappa shape index (κ1) is 14.8. The summed E-state index contributed by atoms with van der Waals surface area (Å²) in [6.45, 7) is 5.86. The number of benzene rings is 1. The summed E-state index contributed by atoms with van der Waals surface area (Å²) < 4.78 is 5.88. The molecule has 0 fully saturated rings. The van der Waals surface area contributed by atoms with Gasteiger partial charge < -0.3 is 10.1 Å². The summed E-state index contributed by atoms with van der Waals surface area (Å²) in [4.78, 5) is 4.33. The van der Waals surface area contributed by atoms with Gasteiger partial charge in [0.05, 0.1) is 5.69 Å². The fourth-order valence-corrected chi connectivity index (χ4v) is 2.09. The van der Waals surface area contributed by atoms with E-state index in [4.69, 9.17) is 16.3 Å². The summed E-state index contributed by atoms with van der Waals surface area (Å²) in [6, 6.07) is 9.41. The molecule has 0 unspecified atom stereocenters. The highest BCUT2D eigenvalue weighted by Gasteiger charge is 2.03. The highest BCUT2D eigenvalue weighted by Crippen LogP contribution is 2.27. The van der Waals surface area contributed by atoms with Crippen molar-refractivity contribution >= 4 is 11.6 Å². The van der Waals surface area contributed by atoms with E-state index in [9.17, 15) is 0 Å². The van der Waals surface area contributed by atoms with Crippen LogP contribution in [-0.4, -0.2) is 11.5 Å². The quantitative estimate of drug-likeness (QED) is 0.804. The summed E-state index contributed by atoms with van der Waals surface area (Å²) >= 11 is 5.94. The topological polar surface area (TPSA) is 34.1 Å². The van der Waals surface area contributed by atoms with E-state index < -0.39 is 0 Å². The molecule has 0 aliphatic heterocycles. The number of nitrogens with zero attached hydrogens (tertiary/aromatic N) is 1. The molecule has 1 aromatic heterocycles. The van der Waals surface area contributed by atoms with Gasteiger partial charge in [-0.15, -0.1) is 0 Å². The highest BCUT2D eigenvalue weighted by atomic mass is 35.5. The standard InChI is InChI=1S/C16H19ClN2O/c1-3-7-18-11-14-10-15(6-8-19-14)20-16-5-4-13(17)9-12(16)2/h4-6,8-10,18H,3,7,11H2,1-2H3. The minimum atomic E-state index is 0.717. The number of aromatic nitrogens is 1. The Kier molecular flexibility index (Phi) is 5.39. The number of aryl methyl sites for hydroxylation is 1. The Morgan fingerprint density at radius 3 is 2.85 bits per heavy atom. The van der Waals surface area contributed by atoms with Gasteiger partial charge in [0, 0.05) is 23.8 Å². The van der Waals surface area contributed by atoms with E-state index in [-0.39, 0.29) is 0 Å². The molecule has 0 atom stereocenters. The van der Waals surface area contributed by atoms with Crippen molar-refractivity contribution in [2.45, 2.75) is 26.8 Å². The van der Waals surface area contributed by atoms with Crippen molar-refractivity contribution in [1.29, 1.82) is 0 Å². The third kappa shape index (κ3) is 4.22. The second-order valence-electron chi connectivity index (χ2n) is 4.67. The molecule has 0 aliphatic rings. The van der Waals surface area contributed by atoms with E-state index in [0.29, 0.717) is 5.02 Å². The molecule has 0 saturated heterocycles. The lowest BCUT2D eigenvalue weighted by atomic mass is 10.2. The fourth-order valence-electron chi connectivity index (χ4n) is 1.86. The molecule has 20 heavy (non-hydrogen) atoms. The van der Waals surface area contributed by atoms with Crippen molar-refractivity contribution < 1.29 is 4.74 Å². The van der Waals surface area contributed by atoms with Gasteiger partial charge in [-0.3, -0.25) is 4.98 Å². The molecule has 1 N–H and O–H groups in total. The van der Waals surface area contributed by atoms with E-state index in [2.05, 4.69) is 17.2 Å². The van der Waals surface area contributed by atoms with Crippen LogP contribution in [0.4, 0.5) is 0 Å². The lowest BCUT2D eigenvalue weighted by molar-refractivity contribution is 0.476. The lowest BCUT2D eigenvalue weighted by Crippen LogP contribution is -2.14. The van der Waals surface area contributed by atoms with Gasteiger partial charge in [0.1, 0.15) is 11.5 Å². The molecule has 0 aliphatic carbocycles. The van der Waals surface area contributed by atoms with Crippen LogP contribution in [0.5, 0.6) is 11.5 Å². The molecule has 4 heteroatoms. The number of halogens is 1.